The average molecular weight is 187 g/mol. The van der Waals surface area contributed by atoms with Gasteiger partial charge in [-0.05, 0) is 6.92 Å². The highest BCUT2D eigenvalue weighted by Crippen LogP contribution is 2.23. The molecular weight excluding hydrogens is 174 g/mol. The van der Waals surface area contributed by atoms with Crippen LogP contribution in [0.3, 0.4) is 0 Å². The first-order valence-electron chi connectivity index (χ1n) is 4.13. The maximum absolute atomic E-state index is 11.0. The number of rotatable bonds is 1. The van der Waals surface area contributed by atoms with Crippen LogP contribution in [0.25, 0.3) is 0 Å². The molecule has 0 bridgehead atoms. The lowest BCUT2D eigenvalue weighted by atomic mass is 10.0. The van der Waals surface area contributed by atoms with Gasteiger partial charge in [0.15, 0.2) is 0 Å². The third kappa shape index (κ3) is 1.65. The number of carbonyl (C=O) groups excluding carboxylic acids is 1. The summed E-state index contributed by atoms with van der Waals surface area (Å²) in [6, 6.07) is -0.404. The van der Waals surface area contributed by atoms with E-state index in [9.17, 15) is 14.7 Å². The fourth-order valence-electron chi connectivity index (χ4n) is 1.65. The molecule has 1 aliphatic heterocycles. The number of amides is 1. The van der Waals surface area contributed by atoms with E-state index in [1.807, 2.05) is 0 Å². The van der Waals surface area contributed by atoms with Crippen molar-refractivity contribution in [2.75, 3.05) is 6.54 Å². The number of hydrogen-bond acceptors (Lipinski definition) is 3. The Labute approximate surface area is 76.0 Å². The molecule has 0 radical (unpaired) electrons. The van der Waals surface area contributed by atoms with Crippen molar-refractivity contribution in [1.29, 1.82) is 0 Å². The summed E-state index contributed by atoms with van der Waals surface area (Å²) in [5, 5.41) is 18.2. The molecule has 5 heteroatoms. The number of nitrogens with zero attached hydrogens (tertiary/aromatic N) is 1. The van der Waals surface area contributed by atoms with Gasteiger partial charge in [0.1, 0.15) is 5.92 Å². The quantitative estimate of drug-likeness (QED) is 0.569. The highest BCUT2D eigenvalue weighted by Gasteiger charge is 2.43. The summed E-state index contributed by atoms with van der Waals surface area (Å²) in [5.41, 5.74) is 0. The zero-order valence-corrected chi connectivity index (χ0v) is 7.60. The molecule has 1 heterocycles. The Kier molecular flexibility index (Phi) is 2.56. The van der Waals surface area contributed by atoms with E-state index >= 15 is 0 Å². The van der Waals surface area contributed by atoms with Crippen LogP contribution in [0.2, 0.25) is 0 Å². The summed E-state index contributed by atoms with van der Waals surface area (Å²) in [5.74, 6) is -2.10. The van der Waals surface area contributed by atoms with Crippen LogP contribution in [-0.2, 0) is 9.59 Å². The molecule has 1 aliphatic rings. The minimum absolute atomic E-state index is 0.104. The highest BCUT2D eigenvalue weighted by molar-refractivity contribution is 5.77. The van der Waals surface area contributed by atoms with Crippen molar-refractivity contribution in [2.45, 2.75) is 26.0 Å². The van der Waals surface area contributed by atoms with Crippen molar-refractivity contribution in [2.24, 2.45) is 5.92 Å². The first kappa shape index (κ1) is 9.98. The predicted molar refractivity (Wildman–Crippen MR) is 44.0 cm³/mol. The number of likely N-dealkylation sites (tertiary alicyclic amines) is 1. The second-order valence-electron chi connectivity index (χ2n) is 3.35. The zero-order chi connectivity index (χ0) is 10.2. The van der Waals surface area contributed by atoms with Crippen molar-refractivity contribution < 1.29 is 19.8 Å². The number of aliphatic hydroxyl groups excluding tert-OH is 1. The molecule has 0 spiro atoms. The monoisotopic (exact) mass is 187 g/mol. The number of carboxylic acid groups (broad SMARTS) is 1. The smallest absolute Gasteiger partial charge is 0.311 e. The van der Waals surface area contributed by atoms with E-state index in [0.29, 0.717) is 0 Å². The minimum Gasteiger partial charge on any atom is -0.481 e. The molecule has 3 atom stereocenters. The molecule has 0 aromatic heterocycles. The third-order valence-corrected chi connectivity index (χ3v) is 2.51. The third-order valence-electron chi connectivity index (χ3n) is 2.51. The Morgan fingerprint density at radius 3 is 2.23 bits per heavy atom. The first-order valence-corrected chi connectivity index (χ1v) is 4.13. The van der Waals surface area contributed by atoms with Gasteiger partial charge in [0.25, 0.3) is 0 Å². The van der Waals surface area contributed by atoms with E-state index in [2.05, 4.69) is 0 Å². The van der Waals surface area contributed by atoms with Gasteiger partial charge in [-0.3, -0.25) is 9.59 Å². The number of carboxylic acids is 1. The largest absolute Gasteiger partial charge is 0.481 e. The van der Waals surface area contributed by atoms with Crippen LogP contribution in [-0.4, -0.2) is 45.7 Å². The maximum Gasteiger partial charge on any atom is 0.311 e. The molecular formula is C8H13NO4. The second-order valence-corrected chi connectivity index (χ2v) is 3.35. The number of aliphatic carboxylic acids is 1. The molecule has 1 amide bonds. The van der Waals surface area contributed by atoms with Crippen molar-refractivity contribution >= 4 is 11.9 Å². The van der Waals surface area contributed by atoms with Gasteiger partial charge in [-0.2, -0.15) is 0 Å². The van der Waals surface area contributed by atoms with Crippen LogP contribution in [0.5, 0.6) is 0 Å². The molecule has 1 saturated heterocycles. The molecule has 1 rings (SSSR count). The lowest BCUT2D eigenvalue weighted by molar-refractivity contribution is -0.144. The average Bonchev–Trinajstić information content (AvgIpc) is 2.29. The molecule has 74 valence electrons. The van der Waals surface area contributed by atoms with Crippen molar-refractivity contribution in [1.82, 2.24) is 4.90 Å². The van der Waals surface area contributed by atoms with Gasteiger partial charge in [-0.25, -0.2) is 0 Å². The van der Waals surface area contributed by atoms with Crippen molar-refractivity contribution in [3.63, 3.8) is 0 Å². The van der Waals surface area contributed by atoms with Gasteiger partial charge in [-0.15, -0.1) is 0 Å². The Balaban J connectivity index is 2.78. The van der Waals surface area contributed by atoms with Crippen LogP contribution in [0.1, 0.15) is 13.8 Å². The van der Waals surface area contributed by atoms with Gasteiger partial charge in [0.2, 0.25) is 5.91 Å². The van der Waals surface area contributed by atoms with Crippen molar-refractivity contribution in [3.8, 4) is 0 Å². The van der Waals surface area contributed by atoms with Gasteiger partial charge >= 0.3 is 5.97 Å². The van der Waals surface area contributed by atoms with E-state index < -0.39 is 24.0 Å². The summed E-state index contributed by atoms with van der Waals surface area (Å²) in [7, 11) is 0. The summed E-state index contributed by atoms with van der Waals surface area (Å²) in [4.78, 5) is 23.0. The summed E-state index contributed by atoms with van der Waals surface area (Å²) in [6.07, 6.45) is -0.957. The number of aliphatic hydroxyl groups is 1. The Morgan fingerprint density at radius 2 is 2.00 bits per heavy atom. The SMILES string of the molecule is CC(=O)N1C[C@@H](C(=O)O)[C@H](O)[C@H]1C. The topological polar surface area (TPSA) is 77.8 Å². The molecule has 2 N–H and O–H groups in total. The molecule has 0 aromatic carbocycles. The standard InChI is InChI=1S/C8H13NO4/c1-4-7(11)6(8(12)13)3-9(4)5(2)10/h4,6-7,11H,3H2,1-2H3,(H,12,13)/t4-,6-,7-/m1/s1. The van der Waals surface area contributed by atoms with Crippen LogP contribution < -0.4 is 0 Å². The Morgan fingerprint density at radius 1 is 1.46 bits per heavy atom. The number of hydrogen-bond donors (Lipinski definition) is 2. The molecule has 0 unspecified atom stereocenters. The van der Waals surface area contributed by atoms with Gasteiger partial charge in [0, 0.05) is 13.5 Å². The normalized spacial score (nSPS) is 33.5. The summed E-state index contributed by atoms with van der Waals surface area (Å²) >= 11 is 0. The molecule has 13 heavy (non-hydrogen) atoms. The lowest BCUT2D eigenvalue weighted by Gasteiger charge is -2.20. The van der Waals surface area contributed by atoms with Gasteiger partial charge in [0.05, 0.1) is 12.1 Å². The van der Waals surface area contributed by atoms with E-state index in [-0.39, 0.29) is 12.5 Å². The molecule has 0 aliphatic carbocycles. The first-order chi connectivity index (χ1) is 5.95. The van der Waals surface area contributed by atoms with E-state index in [4.69, 9.17) is 5.11 Å². The molecule has 5 nitrogen and oxygen atoms in total. The predicted octanol–water partition coefficient (Wildman–Crippen LogP) is -0.701. The highest BCUT2D eigenvalue weighted by atomic mass is 16.4. The fraction of sp³-hybridized carbons (Fsp3) is 0.750. The Hall–Kier alpha value is -1.10. The Bertz CT molecular complexity index is 216. The molecule has 0 saturated carbocycles. The second kappa shape index (κ2) is 3.33. The van der Waals surface area contributed by atoms with Crippen LogP contribution >= 0.6 is 0 Å². The molecule has 1 fully saturated rings. The summed E-state index contributed by atoms with van der Waals surface area (Å²) in [6.45, 7) is 3.12. The van der Waals surface area contributed by atoms with Crippen LogP contribution in [0, 0.1) is 5.92 Å². The fourth-order valence-corrected chi connectivity index (χ4v) is 1.65. The van der Waals surface area contributed by atoms with E-state index in [1.165, 1.54) is 11.8 Å². The van der Waals surface area contributed by atoms with Gasteiger partial charge in [-0.1, -0.05) is 0 Å². The number of carbonyl (C=O) groups is 2. The van der Waals surface area contributed by atoms with E-state index in [0.717, 1.165) is 0 Å². The van der Waals surface area contributed by atoms with Gasteiger partial charge < -0.3 is 15.1 Å². The maximum atomic E-state index is 11.0. The van der Waals surface area contributed by atoms with Crippen LogP contribution in [0.4, 0.5) is 0 Å². The van der Waals surface area contributed by atoms with E-state index in [1.54, 1.807) is 6.92 Å². The lowest BCUT2D eigenvalue weighted by Crippen LogP contribution is -2.35. The zero-order valence-electron chi connectivity index (χ0n) is 7.60. The summed E-state index contributed by atoms with van der Waals surface area (Å²) < 4.78 is 0. The van der Waals surface area contributed by atoms with Crippen LogP contribution in [0.15, 0.2) is 0 Å². The molecule has 0 aromatic rings. The van der Waals surface area contributed by atoms with Crippen molar-refractivity contribution in [3.05, 3.63) is 0 Å². The minimum atomic E-state index is -1.05.